The summed E-state index contributed by atoms with van der Waals surface area (Å²) in [7, 11) is 0. The molecule has 1 aromatic carbocycles. The molecule has 1 amide bonds. The molecule has 1 aliphatic rings. The molecule has 0 atom stereocenters. The van der Waals surface area contributed by atoms with Crippen molar-refractivity contribution < 1.29 is 9.90 Å². The number of carbonyl (C=O) groups excluding carboxylic acids is 1. The van der Waals surface area contributed by atoms with Crippen LogP contribution in [0, 0.1) is 0 Å². The summed E-state index contributed by atoms with van der Waals surface area (Å²) in [5.74, 6) is 0.201. The molecule has 1 fully saturated rings. The van der Waals surface area contributed by atoms with Crippen LogP contribution in [-0.4, -0.2) is 42.1 Å². The molecule has 2 N–H and O–H groups in total. The van der Waals surface area contributed by atoms with Gasteiger partial charge in [-0.05, 0) is 17.7 Å². The third kappa shape index (κ3) is 3.11. The zero-order chi connectivity index (χ0) is 12.3. The smallest absolute Gasteiger partial charge is 0.227 e. The van der Waals surface area contributed by atoms with E-state index in [4.69, 9.17) is 11.6 Å². The van der Waals surface area contributed by atoms with Crippen LogP contribution in [0.2, 0.25) is 5.02 Å². The van der Waals surface area contributed by atoms with Crippen LogP contribution in [0.4, 0.5) is 0 Å². The number of phenols is 1. The van der Waals surface area contributed by atoms with Gasteiger partial charge in [-0.3, -0.25) is 4.79 Å². The monoisotopic (exact) mass is 254 g/mol. The lowest BCUT2D eigenvalue weighted by molar-refractivity contribution is -0.131. The van der Waals surface area contributed by atoms with Gasteiger partial charge in [-0.1, -0.05) is 17.7 Å². The van der Waals surface area contributed by atoms with E-state index in [1.54, 1.807) is 12.1 Å². The average Bonchev–Trinajstić information content (AvgIpc) is 2.34. The van der Waals surface area contributed by atoms with Crippen LogP contribution >= 0.6 is 11.6 Å². The predicted molar refractivity (Wildman–Crippen MR) is 66.3 cm³/mol. The zero-order valence-electron chi connectivity index (χ0n) is 9.45. The Morgan fingerprint density at radius 1 is 1.41 bits per heavy atom. The van der Waals surface area contributed by atoms with Crippen molar-refractivity contribution in [3.63, 3.8) is 0 Å². The van der Waals surface area contributed by atoms with Crippen molar-refractivity contribution >= 4 is 17.5 Å². The number of halogens is 1. The summed E-state index contributed by atoms with van der Waals surface area (Å²) in [6.07, 6.45) is 0.291. The first-order valence-electron chi connectivity index (χ1n) is 5.63. The van der Waals surface area contributed by atoms with Gasteiger partial charge < -0.3 is 15.3 Å². The Labute approximate surface area is 105 Å². The number of nitrogens with zero attached hydrogens (tertiary/aromatic N) is 1. The average molecular weight is 255 g/mol. The normalized spacial score (nSPS) is 15.9. The Balaban J connectivity index is 2.02. The first-order chi connectivity index (χ1) is 8.16. The van der Waals surface area contributed by atoms with Gasteiger partial charge in [0, 0.05) is 31.2 Å². The summed E-state index contributed by atoms with van der Waals surface area (Å²) >= 11 is 5.97. The number of amides is 1. The number of hydrogen-bond acceptors (Lipinski definition) is 3. The van der Waals surface area contributed by atoms with Crippen LogP contribution in [-0.2, 0) is 11.2 Å². The van der Waals surface area contributed by atoms with E-state index in [0.29, 0.717) is 11.4 Å². The number of carbonyl (C=O) groups is 1. The molecule has 1 heterocycles. The molecule has 0 saturated carbocycles. The van der Waals surface area contributed by atoms with Crippen LogP contribution < -0.4 is 5.32 Å². The molecular formula is C12H15ClN2O2. The summed E-state index contributed by atoms with van der Waals surface area (Å²) in [6, 6.07) is 4.70. The highest BCUT2D eigenvalue weighted by atomic mass is 35.5. The van der Waals surface area contributed by atoms with Gasteiger partial charge >= 0.3 is 0 Å². The fourth-order valence-corrected chi connectivity index (χ4v) is 2.11. The molecule has 1 aromatic rings. The third-order valence-electron chi connectivity index (χ3n) is 2.85. The van der Waals surface area contributed by atoms with Gasteiger partial charge in [0.25, 0.3) is 0 Å². The molecule has 4 nitrogen and oxygen atoms in total. The van der Waals surface area contributed by atoms with Crippen molar-refractivity contribution in [2.75, 3.05) is 26.2 Å². The van der Waals surface area contributed by atoms with Gasteiger partial charge in [0.1, 0.15) is 5.75 Å². The molecule has 1 saturated heterocycles. The highest BCUT2D eigenvalue weighted by Gasteiger charge is 2.17. The minimum atomic E-state index is 0.0825. The molecule has 1 aliphatic heterocycles. The number of phenolic OH excluding ortho intramolecular Hbond substituents is 1. The minimum Gasteiger partial charge on any atom is -0.508 e. The number of hydrogen-bond donors (Lipinski definition) is 2. The maximum absolute atomic E-state index is 12.0. The van der Waals surface area contributed by atoms with Gasteiger partial charge in [0.2, 0.25) is 5.91 Å². The second-order valence-corrected chi connectivity index (χ2v) is 4.49. The van der Waals surface area contributed by atoms with Crippen LogP contribution in [0.15, 0.2) is 18.2 Å². The van der Waals surface area contributed by atoms with Crippen LogP contribution in [0.5, 0.6) is 5.75 Å². The quantitative estimate of drug-likeness (QED) is 0.829. The standard InChI is InChI=1S/C12H15ClN2O2/c13-11-8-10(16)2-1-9(11)7-12(17)15-5-3-14-4-6-15/h1-2,8,14,16H,3-7H2. The lowest BCUT2D eigenvalue weighted by Crippen LogP contribution is -2.46. The number of benzene rings is 1. The van der Waals surface area contributed by atoms with Crippen molar-refractivity contribution in [3.8, 4) is 5.75 Å². The molecule has 0 radical (unpaired) electrons. The van der Waals surface area contributed by atoms with Gasteiger partial charge in [-0.25, -0.2) is 0 Å². The van der Waals surface area contributed by atoms with Crippen LogP contribution in [0.25, 0.3) is 0 Å². The fraction of sp³-hybridized carbons (Fsp3) is 0.417. The summed E-state index contributed by atoms with van der Waals surface area (Å²) in [5.41, 5.74) is 0.757. The minimum absolute atomic E-state index is 0.0825. The number of piperazine rings is 1. The molecule has 17 heavy (non-hydrogen) atoms. The maximum atomic E-state index is 12.0. The largest absolute Gasteiger partial charge is 0.508 e. The first-order valence-corrected chi connectivity index (χ1v) is 6.00. The third-order valence-corrected chi connectivity index (χ3v) is 3.20. The molecule has 0 bridgehead atoms. The lowest BCUT2D eigenvalue weighted by Gasteiger charge is -2.27. The van der Waals surface area contributed by atoms with E-state index < -0.39 is 0 Å². The highest BCUT2D eigenvalue weighted by Crippen LogP contribution is 2.22. The molecular weight excluding hydrogens is 240 g/mol. The summed E-state index contributed by atoms with van der Waals surface area (Å²) in [6.45, 7) is 3.17. The zero-order valence-corrected chi connectivity index (χ0v) is 10.2. The molecule has 0 unspecified atom stereocenters. The van der Waals surface area contributed by atoms with E-state index in [1.165, 1.54) is 6.07 Å². The second-order valence-electron chi connectivity index (χ2n) is 4.08. The topological polar surface area (TPSA) is 52.6 Å². The molecule has 5 heteroatoms. The van der Waals surface area contributed by atoms with Crippen molar-refractivity contribution in [2.45, 2.75) is 6.42 Å². The number of aromatic hydroxyl groups is 1. The van der Waals surface area contributed by atoms with E-state index in [0.717, 1.165) is 31.7 Å². The van der Waals surface area contributed by atoms with Gasteiger partial charge in [0.05, 0.1) is 6.42 Å². The Kier molecular flexibility index (Phi) is 3.86. The Hall–Kier alpha value is -1.26. The van der Waals surface area contributed by atoms with E-state index >= 15 is 0 Å². The SMILES string of the molecule is O=C(Cc1ccc(O)cc1Cl)N1CCNCC1. The maximum Gasteiger partial charge on any atom is 0.227 e. The Bertz CT molecular complexity index is 417. The van der Waals surface area contributed by atoms with Gasteiger partial charge in [0.15, 0.2) is 0 Å². The van der Waals surface area contributed by atoms with Crippen LogP contribution in [0.1, 0.15) is 5.56 Å². The second kappa shape index (κ2) is 5.38. The lowest BCUT2D eigenvalue weighted by atomic mass is 10.1. The van der Waals surface area contributed by atoms with E-state index in [9.17, 15) is 9.90 Å². The van der Waals surface area contributed by atoms with Gasteiger partial charge in [-0.2, -0.15) is 0 Å². The Morgan fingerprint density at radius 2 is 2.12 bits per heavy atom. The first kappa shape index (κ1) is 12.2. The summed E-state index contributed by atoms with van der Waals surface area (Å²) in [5, 5.41) is 12.9. The number of rotatable bonds is 2. The van der Waals surface area contributed by atoms with Crippen molar-refractivity contribution in [1.82, 2.24) is 10.2 Å². The van der Waals surface area contributed by atoms with Crippen molar-refractivity contribution in [2.24, 2.45) is 0 Å². The molecule has 0 aliphatic carbocycles. The molecule has 0 spiro atoms. The predicted octanol–water partition coefficient (Wildman–Crippen LogP) is 1.02. The molecule has 0 aromatic heterocycles. The Morgan fingerprint density at radius 3 is 2.76 bits per heavy atom. The summed E-state index contributed by atoms with van der Waals surface area (Å²) in [4.78, 5) is 13.8. The van der Waals surface area contributed by atoms with Crippen molar-refractivity contribution in [1.29, 1.82) is 0 Å². The molecule has 92 valence electrons. The van der Waals surface area contributed by atoms with E-state index in [-0.39, 0.29) is 11.7 Å². The fourth-order valence-electron chi connectivity index (χ4n) is 1.87. The number of nitrogens with one attached hydrogen (secondary N) is 1. The van der Waals surface area contributed by atoms with Crippen LogP contribution in [0.3, 0.4) is 0 Å². The highest BCUT2D eigenvalue weighted by molar-refractivity contribution is 6.31. The van der Waals surface area contributed by atoms with Crippen molar-refractivity contribution in [3.05, 3.63) is 28.8 Å². The molecule has 2 rings (SSSR count). The van der Waals surface area contributed by atoms with E-state index in [2.05, 4.69) is 5.32 Å². The summed E-state index contributed by atoms with van der Waals surface area (Å²) < 4.78 is 0. The van der Waals surface area contributed by atoms with Gasteiger partial charge in [-0.15, -0.1) is 0 Å². The van der Waals surface area contributed by atoms with E-state index in [1.807, 2.05) is 4.90 Å².